The number of ether oxygens (including phenoxy) is 1. The lowest BCUT2D eigenvalue weighted by Gasteiger charge is -2.32. The molecule has 0 radical (unpaired) electrons. The maximum absolute atomic E-state index is 11.1. The topological polar surface area (TPSA) is 46.5 Å². The third-order valence-electron chi connectivity index (χ3n) is 4.07. The highest BCUT2D eigenvalue weighted by atomic mass is 16.5. The summed E-state index contributed by atoms with van der Waals surface area (Å²) in [5.41, 5.74) is 1.22. The molecule has 0 spiro atoms. The molecule has 98 valence electrons. The van der Waals surface area contributed by atoms with Crippen molar-refractivity contribution in [2.75, 3.05) is 7.11 Å². The van der Waals surface area contributed by atoms with Crippen LogP contribution in [0.2, 0.25) is 0 Å². The smallest absolute Gasteiger partial charge is 0.306 e. The molecule has 3 atom stereocenters. The Labute approximate surface area is 108 Å². The van der Waals surface area contributed by atoms with Crippen molar-refractivity contribution >= 4 is 5.97 Å². The summed E-state index contributed by atoms with van der Waals surface area (Å²) in [5.74, 6) is 0.735. The molecule has 3 nitrogen and oxygen atoms in total. The van der Waals surface area contributed by atoms with Crippen LogP contribution in [0.25, 0.3) is 0 Å². The van der Waals surface area contributed by atoms with Crippen LogP contribution in [0.15, 0.2) is 24.3 Å². The van der Waals surface area contributed by atoms with Crippen molar-refractivity contribution in [1.82, 2.24) is 0 Å². The van der Waals surface area contributed by atoms with E-state index in [1.54, 1.807) is 7.11 Å². The van der Waals surface area contributed by atoms with Gasteiger partial charge in [0.15, 0.2) is 0 Å². The van der Waals surface area contributed by atoms with Gasteiger partial charge < -0.3 is 9.84 Å². The average Bonchev–Trinajstić information content (AvgIpc) is 2.38. The van der Waals surface area contributed by atoms with E-state index in [1.165, 1.54) is 5.56 Å². The molecule has 1 aromatic rings. The minimum Gasteiger partial charge on any atom is -0.496 e. The van der Waals surface area contributed by atoms with E-state index in [9.17, 15) is 4.79 Å². The Bertz CT molecular complexity index is 428. The normalized spacial score (nSPS) is 27.8. The van der Waals surface area contributed by atoms with E-state index >= 15 is 0 Å². The van der Waals surface area contributed by atoms with Gasteiger partial charge in [0.1, 0.15) is 5.75 Å². The van der Waals surface area contributed by atoms with E-state index in [1.807, 2.05) is 25.1 Å². The number of aliphatic carboxylic acids is 1. The van der Waals surface area contributed by atoms with E-state index in [2.05, 4.69) is 6.07 Å². The second kappa shape index (κ2) is 5.42. The van der Waals surface area contributed by atoms with E-state index < -0.39 is 5.97 Å². The minimum atomic E-state index is -0.652. The summed E-state index contributed by atoms with van der Waals surface area (Å²) < 4.78 is 5.39. The summed E-state index contributed by atoms with van der Waals surface area (Å²) >= 11 is 0. The number of rotatable bonds is 3. The summed E-state index contributed by atoms with van der Waals surface area (Å²) in [6.07, 6.45) is 2.62. The van der Waals surface area contributed by atoms with Crippen LogP contribution in [0.5, 0.6) is 5.75 Å². The Kier molecular flexibility index (Phi) is 3.90. The Morgan fingerprint density at radius 2 is 2.06 bits per heavy atom. The van der Waals surface area contributed by atoms with Crippen LogP contribution in [-0.2, 0) is 4.79 Å². The average molecular weight is 248 g/mol. The Morgan fingerprint density at radius 3 is 2.67 bits per heavy atom. The van der Waals surface area contributed by atoms with Crippen LogP contribution < -0.4 is 4.74 Å². The molecule has 1 saturated carbocycles. The van der Waals surface area contributed by atoms with Crippen molar-refractivity contribution in [3.05, 3.63) is 29.8 Å². The van der Waals surface area contributed by atoms with E-state index in [0.29, 0.717) is 5.92 Å². The first-order valence-corrected chi connectivity index (χ1v) is 6.49. The Morgan fingerprint density at radius 1 is 1.33 bits per heavy atom. The predicted octanol–water partition coefficient (Wildman–Crippen LogP) is 3.30. The monoisotopic (exact) mass is 248 g/mol. The Hall–Kier alpha value is -1.51. The molecule has 1 fully saturated rings. The van der Waals surface area contributed by atoms with Gasteiger partial charge in [0, 0.05) is 0 Å². The molecule has 1 N–H and O–H groups in total. The highest BCUT2D eigenvalue weighted by Crippen LogP contribution is 2.42. The Balaban J connectivity index is 2.15. The molecule has 0 aromatic heterocycles. The summed E-state index contributed by atoms with van der Waals surface area (Å²) in [5, 5.41) is 9.14. The molecule has 3 heteroatoms. The van der Waals surface area contributed by atoms with Gasteiger partial charge in [-0.2, -0.15) is 0 Å². The van der Waals surface area contributed by atoms with Crippen molar-refractivity contribution in [2.45, 2.75) is 32.1 Å². The SMILES string of the molecule is COc1ccccc1[C@H]1CC[C@@H](C(=O)O)[C@@H](C)C1. The number of carboxylic acids is 1. The van der Waals surface area contributed by atoms with Gasteiger partial charge in [-0.1, -0.05) is 25.1 Å². The molecule has 2 rings (SSSR count). The van der Waals surface area contributed by atoms with Gasteiger partial charge in [-0.25, -0.2) is 0 Å². The van der Waals surface area contributed by atoms with Crippen LogP contribution >= 0.6 is 0 Å². The minimum absolute atomic E-state index is 0.184. The summed E-state index contributed by atoms with van der Waals surface area (Å²) in [4.78, 5) is 11.1. The van der Waals surface area contributed by atoms with Gasteiger partial charge in [0.2, 0.25) is 0 Å². The first-order chi connectivity index (χ1) is 8.63. The number of methoxy groups -OCH3 is 1. The fourth-order valence-corrected chi connectivity index (χ4v) is 3.05. The molecular weight excluding hydrogens is 228 g/mol. The van der Waals surface area contributed by atoms with E-state index in [0.717, 1.165) is 25.0 Å². The highest BCUT2D eigenvalue weighted by molar-refractivity contribution is 5.70. The van der Waals surface area contributed by atoms with Crippen LogP contribution in [0, 0.1) is 11.8 Å². The lowest BCUT2D eigenvalue weighted by atomic mass is 9.72. The van der Waals surface area contributed by atoms with Crippen molar-refractivity contribution in [3.63, 3.8) is 0 Å². The summed E-state index contributed by atoms with van der Waals surface area (Å²) in [6.45, 7) is 2.04. The number of benzene rings is 1. The molecule has 0 saturated heterocycles. The fraction of sp³-hybridized carbons (Fsp3) is 0.533. The quantitative estimate of drug-likeness (QED) is 0.892. The number of carbonyl (C=O) groups is 1. The zero-order valence-corrected chi connectivity index (χ0v) is 10.9. The van der Waals surface area contributed by atoms with Crippen molar-refractivity contribution in [1.29, 1.82) is 0 Å². The molecule has 0 aliphatic heterocycles. The molecule has 0 bridgehead atoms. The van der Waals surface area contributed by atoms with E-state index in [4.69, 9.17) is 9.84 Å². The molecule has 18 heavy (non-hydrogen) atoms. The van der Waals surface area contributed by atoms with Gasteiger partial charge in [0.05, 0.1) is 13.0 Å². The standard InChI is InChI=1S/C15H20O3/c1-10-9-11(7-8-12(10)15(16)17)13-5-3-4-6-14(13)18-2/h3-6,10-12H,7-9H2,1-2H3,(H,16,17)/t10-,11-,12+/m0/s1. The second-order valence-electron chi connectivity index (χ2n) is 5.17. The first kappa shape index (κ1) is 12.9. The number of carboxylic acid groups (broad SMARTS) is 1. The third-order valence-corrected chi connectivity index (χ3v) is 4.07. The molecule has 1 aliphatic rings. The van der Waals surface area contributed by atoms with E-state index in [-0.39, 0.29) is 11.8 Å². The van der Waals surface area contributed by atoms with Crippen LogP contribution in [0.1, 0.15) is 37.7 Å². The van der Waals surface area contributed by atoms with Gasteiger partial charge in [-0.15, -0.1) is 0 Å². The molecule has 0 amide bonds. The zero-order chi connectivity index (χ0) is 13.1. The number of hydrogen-bond donors (Lipinski definition) is 1. The summed E-state index contributed by atoms with van der Waals surface area (Å²) in [6, 6.07) is 8.06. The van der Waals surface area contributed by atoms with Crippen LogP contribution in [-0.4, -0.2) is 18.2 Å². The fourth-order valence-electron chi connectivity index (χ4n) is 3.05. The number of hydrogen-bond acceptors (Lipinski definition) is 2. The summed E-state index contributed by atoms with van der Waals surface area (Å²) in [7, 11) is 1.69. The maximum Gasteiger partial charge on any atom is 0.306 e. The number of para-hydroxylation sites is 1. The molecule has 0 unspecified atom stereocenters. The van der Waals surface area contributed by atoms with Crippen molar-refractivity contribution < 1.29 is 14.6 Å². The zero-order valence-electron chi connectivity index (χ0n) is 10.9. The largest absolute Gasteiger partial charge is 0.496 e. The lowest BCUT2D eigenvalue weighted by Crippen LogP contribution is -2.28. The molecule has 0 heterocycles. The first-order valence-electron chi connectivity index (χ1n) is 6.49. The maximum atomic E-state index is 11.1. The van der Waals surface area contributed by atoms with Crippen LogP contribution in [0.3, 0.4) is 0 Å². The van der Waals surface area contributed by atoms with Gasteiger partial charge >= 0.3 is 5.97 Å². The van der Waals surface area contributed by atoms with Crippen molar-refractivity contribution in [2.24, 2.45) is 11.8 Å². The molecule has 1 aliphatic carbocycles. The predicted molar refractivity (Wildman–Crippen MR) is 69.9 cm³/mol. The van der Waals surface area contributed by atoms with Crippen LogP contribution in [0.4, 0.5) is 0 Å². The third kappa shape index (κ3) is 2.50. The molecular formula is C15H20O3. The van der Waals surface area contributed by atoms with Gasteiger partial charge in [-0.05, 0) is 42.7 Å². The molecule has 1 aromatic carbocycles. The second-order valence-corrected chi connectivity index (χ2v) is 5.17. The van der Waals surface area contributed by atoms with Gasteiger partial charge in [-0.3, -0.25) is 4.79 Å². The van der Waals surface area contributed by atoms with Gasteiger partial charge in [0.25, 0.3) is 0 Å². The lowest BCUT2D eigenvalue weighted by molar-refractivity contribution is -0.144. The highest BCUT2D eigenvalue weighted by Gasteiger charge is 2.33. The van der Waals surface area contributed by atoms with Crippen molar-refractivity contribution in [3.8, 4) is 5.75 Å².